The topological polar surface area (TPSA) is 84.9 Å². The summed E-state index contributed by atoms with van der Waals surface area (Å²) in [6.07, 6.45) is -5.30. The van der Waals surface area contributed by atoms with Crippen LogP contribution in [0.15, 0.2) is 72.8 Å². The Balaban J connectivity index is 1.65. The summed E-state index contributed by atoms with van der Waals surface area (Å²) in [5, 5.41) is 11.6. The van der Waals surface area contributed by atoms with E-state index in [-0.39, 0.29) is 17.4 Å². The number of nitrogens with one attached hydrogen (secondary N) is 1. The monoisotopic (exact) mass is 487 g/mol. The van der Waals surface area contributed by atoms with Crippen LogP contribution in [0.1, 0.15) is 43.4 Å². The summed E-state index contributed by atoms with van der Waals surface area (Å²) >= 11 is 0. The lowest BCUT2D eigenvalue weighted by molar-refractivity contribution is -0.152. The SMILES string of the molecule is CC(c1ccc(OC(C)(C)C(=O)O)cc1)c1cccc(OC(=O)Nc2ccc(C(F)(F)F)cc2)c1. The van der Waals surface area contributed by atoms with Gasteiger partial charge in [-0.1, -0.05) is 31.2 Å². The number of benzene rings is 3. The molecule has 9 heteroatoms. The second-order valence-corrected chi connectivity index (χ2v) is 8.37. The van der Waals surface area contributed by atoms with Crippen LogP contribution in [-0.2, 0) is 11.0 Å². The van der Waals surface area contributed by atoms with E-state index in [0.29, 0.717) is 5.75 Å². The van der Waals surface area contributed by atoms with E-state index in [2.05, 4.69) is 5.32 Å². The Morgan fingerprint density at radius 2 is 1.51 bits per heavy atom. The van der Waals surface area contributed by atoms with Crippen molar-refractivity contribution in [3.05, 3.63) is 89.5 Å². The average Bonchev–Trinajstić information content (AvgIpc) is 2.78. The van der Waals surface area contributed by atoms with Gasteiger partial charge in [-0.25, -0.2) is 9.59 Å². The van der Waals surface area contributed by atoms with Crippen LogP contribution >= 0.6 is 0 Å². The lowest BCUT2D eigenvalue weighted by Gasteiger charge is -2.22. The lowest BCUT2D eigenvalue weighted by Crippen LogP contribution is -2.37. The van der Waals surface area contributed by atoms with Crippen LogP contribution in [-0.4, -0.2) is 22.8 Å². The Kier molecular flexibility index (Phi) is 7.38. The van der Waals surface area contributed by atoms with E-state index >= 15 is 0 Å². The Bertz CT molecular complexity index is 1190. The normalized spacial score (nSPS) is 12.5. The summed E-state index contributed by atoms with van der Waals surface area (Å²) < 4.78 is 48.8. The molecule has 0 aliphatic heterocycles. The first-order valence-electron chi connectivity index (χ1n) is 10.6. The number of carboxylic acid groups (broad SMARTS) is 1. The van der Waals surface area contributed by atoms with E-state index < -0.39 is 29.4 Å². The van der Waals surface area contributed by atoms with Crippen LogP contribution in [0.3, 0.4) is 0 Å². The Morgan fingerprint density at radius 1 is 0.886 bits per heavy atom. The molecule has 0 bridgehead atoms. The molecule has 1 unspecified atom stereocenters. The molecular weight excluding hydrogens is 463 g/mol. The van der Waals surface area contributed by atoms with Gasteiger partial charge in [0.2, 0.25) is 0 Å². The summed E-state index contributed by atoms with van der Waals surface area (Å²) in [4.78, 5) is 23.4. The maximum Gasteiger partial charge on any atom is 0.417 e. The third kappa shape index (κ3) is 6.75. The van der Waals surface area contributed by atoms with Crippen molar-refractivity contribution >= 4 is 17.7 Å². The highest BCUT2D eigenvalue weighted by Gasteiger charge is 2.30. The zero-order valence-corrected chi connectivity index (χ0v) is 19.2. The first kappa shape index (κ1) is 25.6. The fourth-order valence-electron chi connectivity index (χ4n) is 3.20. The summed E-state index contributed by atoms with van der Waals surface area (Å²) in [7, 11) is 0. The molecule has 0 aliphatic carbocycles. The van der Waals surface area contributed by atoms with E-state index in [4.69, 9.17) is 9.47 Å². The third-order valence-corrected chi connectivity index (χ3v) is 5.30. The zero-order chi connectivity index (χ0) is 25.8. The van der Waals surface area contributed by atoms with Crippen molar-refractivity contribution in [1.29, 1.82) is 0 Å². The molecule has 3 aromatic rings. The predicted octanol–water partition coefficient (Wildman–Crippen LogP) is 6.71. The molecule has 1 amide bonds. The maximum atomic E-state index is 12.7. The van der Waals surface area contributed by atoms with Crippen LogP contribution in [0, 0.1) is 0 Å². The van der Waals surface area contributed by atoms with Crippen LogP contribution in [0.5, 0.6) is 11.5 Å². The van der Waals surface area contributed by atoms with Crippen molar-refractivity contribution in [3.63, 3.8) is 0 Å². The molecule has 0 radical (unpaired) electrons. The van der Waals surface area contributed by atoms with E-state index in [1.54, 1.807) is 30.3 Å². The van der Waals surface area contributed by atoms with Gasteiger partial charge in [-0.3, -0.25) is 5.32 Å². The quantitative estimate of drug-likeness (QED) is 0.387. The fourth-order valence-corrected chi connectivity index (χ4v) is 3.20. The first-order chi connectivity index (χ1) is 16.3. The molecule has 3 rings (SSSR count). The Morgan fingerprint density at radius 3 is 2.09 bits per heavy atom. The van der Waals surface area contributed by atoms with E-state index in [9.17, 15) is 27.9 Å². The minimum absolute atomic E-state index is 0.0851. The van der Waals surface area contributed by atoms with Gasteiger partial charge in [-0.15, -0.1) is 0 Å². The Labute approximate surface area is 200 Å². The number of anilines is 1. The number of hydrogen-bond donors (Lipinski definition) is 2. The van der Waals surface area contributed by atoms with Crippen molar-refractivity contribution < 1.29 is 37.3 Å². The van der Waals surface area contributed by atoms with Gasteiger partial charge in [0.05, 0.1) is 5.56 Å². The van der Waals surface area contributed by atoms with E-state index in [1.807, 2.05) is 25.1 Å². The number of rotatable bonds is 7. The standard InChI is InChI=1S/C26H24F3NO5/c1-16(17-7-13-21(14-8-17)35-25(2,3)23(31)32)18-5-4-6-22(15-18)34-24(33)30-20-11-9-19(10-12-20)26(27,28)29/h4-16H,1-3H3,(H,30,33)(H,31,32). The molecule has 6 nitrogen and oxygen atoms in total. The van der Waals surface area contributed by atoms with Gasteiger partial charge in [0.1, 0.15) is 11.5 Å². The molecule has 0 spiro atoms. The van der Waals surface area contributed by atoms with Crippen molar-refractivity contribution in [2.24, 2.45) is 0 Å². The van der Waals surface area contributed by atoms with Gasteiger partial charge >= 0.3 is 18.2 Å². The highest BCUT2D eigenvalue weighted by molar-refractivity contribution is 5.86. The van der Waals surface area contributed by atoms with Gasteiger partial charge in [-0.2, -0.15) is 13.2 Å². The largest absolute Gasteiger partial charge is 0.478 e. The molecule has 0 aliphatic rings. The van der Waals surface area contributed by atoms with Crippen molar-refractivity contribution in [2.75, 3.05) is 5.32 Å². The van der Waals surface area contributed by atoms with Gasteiger partial charge in [-0.05, 0) is 73.5 Å². The summed E-state index contributed by atoms with van der Waals surface area (Å²) in [5.41, 5.74) is -0.231. The molecule has 1 atom stereocenters. The summed E-state index contributed by atoms with van der Waals surface area (Å²) in [6.45, 7) is 4.88. The molecule has 0 aromatic heterocycles. The third-order valence-electron chi connectivity index (χ3n) is 5.30. The maximum absolute atomic E-state index is 12.7. The highest BCUT2D eigenvalue weighted by atomic mass is 19.4. The zero-order valence-electron chi connectivity index (χ0n) is 19.2. The molecule has 2 N–H and O–H groups in total. The fraction of sp³-hybridized carbons (Fsp3) is 0.231. The number of alkyl halides is 3. The smallest absolute Gasteiger partial charge is 0.417 e. The number of amides is 1. The molecule has 3 aromatic carbocycles. The van der Waals surface area contributed by atoms with Crippen molar-refractivity contribution in [3.8, 4) is 11.5 Å². The second kappa shape index (κ2) is 10.1. The number of carbonyl (C=O) groups excluding carboxylic acids is 1. The highest BCUT2D eigenvalue weighted by Crippen LogP contribution is 2.31. The van der Waals surface area contributed by atoms with E-state index in [0.717, 1.165) is 35.4 Å². The number of ether oxygens (including phenoxy) is 2. The van der Waals surface area contributed by atoms with Gasteiger partial charge in [0.25, 0.3) is 0 Å². The van der Waals surface area contributed by atoms with Gasteiger partial charge in [0, 0.05) is 11.6 Å². The molecular formula is C26H24F3NO5. The minimum atomic E-state index is -4.46. The molecule has 184 valence electrons. The number of carboxylic acids is 1. The second-order valence-electron chi connectivity index (χ2n) is 8.37. The number of hydrogen-bond acceptors (Lipinski definition) is 4. The number of halogens is 3. The van der Waals surface area contributed by atoms with Crippen molar-refractivity contribution in [1.82, 2.24) is 0 Å². The van der Waals surface area contributed by atoms with Crippen molar-refractivity contribution in [2.45, 2.75) is 38.5 Å². The molecule has 0 saturated carbocycles. The lowest BCUT2D eigenvalue weighted by atomic mass is 9.93. The summed E-state index contributed by atoms with van der Waals surface area (Å²) in [6, 6.07) is 17.9. The predicted molar refractivity (Wildman–Crippen MR) is 124 cm³/mol. The van der Waals surface area contributed by atoms with Crippen LogP contribution < -0.4 is 14.8 Å². The van der Waals surface area contributed by atoms with Gasteiger partial charge < -0.3 is 14.6 Å². The van der Waals surface area contributed by atoms with Crippen LogP contribution in [0.2, 0.25) is 0 Å². The molecule has 0 fully saturated rings. The number of carbonyl (C=O) groups is 2. The van der Waals surface area contributed by atoms with Crippen LogP contribution in [0.25, 0.3) is 0 Å². The first-order valence-corrected chi connectivity index (χ1v) is 10.6. The Hall–Kier alpha value is -4.01. The van der Waals surface area contributed by atoms with Gasteiger partial charge in [0.15, 0.2) is 5.60 Å². The molecule has 0 saturated heterocycles. The van der Waals surface area contributed by atoms with Crippen LogP contribution in [0.4, 0.5) is 23.7 Å². The molecule has 35 heavy (non-hydrogen) atoms. The average molecular weight is 487 g/mol. The summed E-state index contributed by atoms with van der Waals surface area (Å²) in [5.74, 6) is -0.473. The minimum Gasteiger partial charge on any atom is -0.478 e. The number of aliphatic carboxylic acids is 1. The molecule has 0 heterocycles. The van der Waals surface area contributed by atoms with E-state index in [1.165, 1.54) is 13.8 Å².